The predicted molar refractivity (Wildman–Crippen MR) is 108 cm³/mol. The van der Waals surface area contributed by atoms with Crippen LogP contribution in [0.5, 0.6) is 0 Å². The minimum atomic E-state index is 0. The molecule has 0 spiro atoms. The molecule has 0 radical (unpaired) electrons. The van der Waals surface area contributed by atoms with E-state index in [-0.39, 0.29) is 24.0 Å². The van der Waals surface area contributed by atoms with Crippen molar-refractivity contribution >= 4 is 29.9 Å². The second-order valence-electron chi connectivity index (χ2n) is 7.02. The highest BCUT2D eigenvalue weighted by Gasteiger charge is 2.35. The maximum atomic E-state index is 5.52. The van der Waals surface area contributed by atoms with Gasteiger partial charge in [-0.2, -0.15) is 0 Å². The standard InChI is InChI=1S/C17H34N4O.HI/c1-5-17(7-6-8-17)13-20-16(18-4)19-11-14(2)21-9-10-22-12-15(21)3;/h14-15H,5-13H2,1-4H3,(H2,18,19,20);1H. The zero-order valence-electron chi connectivity index (χ0n) is 15.2. The fourth-order valence-corrected chi connectivity index (χ4v) is 3.58. The van der Waals surface area contributed by atoms with Crippen LogP contribution in [-0.4, -0.2) is 62.8 Å². The van der Waals surface area contributed by atoms with Gasteiger partial charge in [-0.3, -0.25) is 9.89 Å². The molecule has 23 heavy (non-hydrogen) atoms. The molecule has 2 fully saturated rings. The molecule has 0 amide bonds. The molecule has 2 aliphatic rings. The van der Waals surface area contributed by atoms with Gasteiger partial charge in [0.1, 0.15) is 0 Å². The average Bonchev–Trinajstić information content (AvgIpc) is 2.49. The molecular formula is C17H35IN4O. The molecule has 1 heterocycles. The van der Waals surface area contributed by atoms with E-state index < -0.39 is 0 Å². The minimum absolute atomic E-state index is 0. The largest absolute Gasteiger partial charge is 0.379 e. The first kappa shape index (κ1) is 21.0. The van der Waals surface area contributed by atoms with Crippen molar-refractivity contribution in [3.05, 3.63) is 0 Å². The zero-order valence-corrected chi connectivity index (χ0v) is 17.6. The lowest BCUT2D eigenvalue weighted by molar-refractivity contribution is -0.0174. The quantitative estimate of drug-likeness (QED) is 0.380. The van der Waals surface area contributed by atoms with Crippen LogP contribution in [0.25, 0.3) is 0 Å². The molecule has 0 bridgehead atoms. The molecule has 2 atom stereocenters. The summed E-state index contributed by atoms with van der Waals surface area (Å²) in [5, 5.41) is 7.02. The van der Waals surface area contributed by atoms with Crippen LogP contribution < -0.4 is 10.6 Å². The summed E-state index contributed by atoms with van der Waals surface area (Å²) in [6, 6.07) is 0.986. The second kappa shape index (κ2) is 10.0. The van der Waals surface area contributed by atoms with Crippen LogP contribution >= 0.6 is 24.0 Å². The fourth-order valence-electron chi connectivity index (χ4n) is 3.58. The highest BCUT2D eigenvalue weighted by atomic mass is 127. The molecule has 1 saturated heterocycles. The normalized spacial score (nSPS) is 25.9. The van der Waals surface area contributed by atoms with Gasteiger partial charge in [-0.05, 0) is 38.5 Å². The molecule has 2 N–H and O–H groups in total. The highest BCUT2D eigenvalue weighted by Crippen LogP contribution is 2.42. The monoisotopic (exact) mass is 438 g/mol. The first-order valence-corrected chi connectivity index (χ1v) is 8.88. The van der Waals surface area contributed by atoms with Crippen molar-refractivity contribution in [1.29, 1.82) is 0 Å². The van der Waals surface area contributed by atoms with E-state index in [4.69, 9.17) is 4.74 Å². The van der Waals surface area contributed by atoms with E-state index in [1.807, 2.05) is 7.05 Å². The Morgan fingerprint density at radius 2 is 2.13 bits per heavy atom. The number of morpholine rings is 1. The molecule has 136 valence electrons. The van der Waals surface area contributed by atoms with Crippen LogP contribution in [0, 0.1) is 5.41 Å². The first-order valence-electron chi connectivity index (χ1n) is 8.88. The van der Waals surface area contributed by atoms with Gasteiger partial charge in [0.15, 0.2) is 5.96 Å². The highest BCUT2D eigenvalue weighted by molar-refractivity contribution is 14.0. The van der Waals surface area contributed by atoms with E-state index in [0.717, 1.165) is 38.8 Å². The Labute approximate surface area is 159 Å². The third-order valence-electron chi connectivity index (χ3n) is 5.57. The lowest BCUT2D eigenvalue weighted by Crippen LogP contribution is -2.53. The number of halogens is 1. The van der Waals surface area contributed by atoms with Gasteiger partial charge in [-0.15, -0.1) is 24.0 Å². The SMILES string of the molecule is CCC1(CNC(=NC)NCC(C)N2CCOCC2C)CCC1.I. The van der Waals surface area contributed by atoms with Crippen molar-refractivity contribution in [2.45, 2.75) is 58.5 Å². The van der Waals surface area contributed by atoms with Crippen molar-refractivity contribution in [1.82, 2.24) is 15.5 Å². The van der Waals surface area contributed by atoms with Gasteiger partial charge in [0.2, 0.25) is 0 Å². The summed E-state index contributed by atoms with van der Waals surface area (Å²) in [5.74, 6) is 0.937. The number of nitrogens with one attached hydrogen (secondary N) is 2. The molecule has 0 aromatic rings. The third kappa shape index (κ3) is 5.74. The smallest absolute Gasteiger partial charge is 0.191 e. The fraction of sp³-hybridized carbons (Fsp3) is 0.941. The van der Waals surface area contributed by atoms with Gasteiger partial charge in [0, 0.05) is 38.8 Å². The number of hydrogen-bond donors (Lipinski definition) is 2. The molecule has 5 nitrogen and oxygen atoms in total. The van der Waals surface area contributed by atoms with Gasteiger partial charge in [0.05, 0.1) is 13.2 Å². The van der Waals surface area contributed by atoms with Gasteiger partial charge < -0.3 is 15.4 Å². The van der Waals surface area contributed by atoms with Crippen LogP contribution in [0.1, 0.15) is 46.5 Å². The Hall–Kier alpha value is -0.0800. The Bertz CT molecular complexity index is 368. The van der Waals surface area contributed by atoms with Crippen molar-refractivity contribution < 1.29 is 4.74 Å². The zero-order chi connectivity index (χ0) is 16.0. The lowest BCUT2D eigenvalue weighted by atomic mass is 9.67. The molecule has 1 aliphatic carbocycles. The van der Waals surface area contributed by atoms with Crippen LogP contribution in [0.3, 0.4) is 0 Å². The summed E-state index contributed by atoms with van der Waals surface area (Å²) in [6.45, 7) is 11.5. The van der Waals surface area contributed by atoms with E-state index >= 15 is 0 Å². The van der Waals surface area contributed by atoms with Crippen molar-refractivity contribution in [2.24, 2.45) is 10.4 Å². The van der Waals surface area contributed by atoms with Crippen LogP contribution in [0.2, 0.25) is 0 Å². The number of aliphatic imine (C=N–C) groups is 1. The Kier molecular flexibility index (Phi) is 9.15. The summed E-state index contributed by atoms with van der Waals surface area (Å²) in [7, 11) is 1.86. The van der Waals surface area contributed by atoms with Crippen LogP contribution in [0.4, 0.5) is 0 Å². The molecule has 0 aromatic heterocycles. The van der Waals surface area contributed by atoms with Crippen molar-refractivity contribution in [2.75, 3.05) is 39.9 Å². The van der Waals surface area contributed by atoms with E-state index in [2.05, 4.69) is 41.3 Å². The van der Waals surface area contributed by atoms with Crippen LogP contribution in [-0.2, 0) is 4.74 Å². The summed E-state index contributed by atoms with van der Waals surface area (Å²) in [4.78, 5) is 6.89. The maximum Gasteiger partial charge on any atom is 0.191 e. The van der Waals surface area contributed by atoms with E-state index in [0.29, 0.717) is 17.5 Å². The average molecular weight is 438 g/mol. The van der Waals surface area contributed by atoms with Crippen molar-refractivity contribution in [3.63, 3.8) is 0 Å². The molecule has 2 unspecified atom stereocenters. The topological polar surface area (TPSA) is 48.9 Å². The van der Waals surface area contributed by atoms with Gasteiger partial charge >= 0.3 is 0 Å². The molecule has 2 rings (SSSR count). The Balaban J connectivity index is 0.00000264. The predicted octanol–water partition coefficient (Wildman–Crippen LogP) is 2.46. The molecule has 1 aliphatic heterocycles. The number of hydrogen-bond acceptors (Lipinski definition) is 3. The summed E-state index contributed by atoms with van der Waals surface area (Å²) in [5.41, 5.74) is 0.516. The van der Waals surface area contributed by atoms with E-state index in [9.17, 15) is 0 Å². The minimum Gasteiger partial charge on any atom is -0.379 e. The number of nitrogens with zero attached hydrogens (tertiary/aromatic N) is 2. The van der Waals surface area contributed by atoms with Crippen LogP contribution in [0.15, 0.2) is 4.99 Å². The summed E-state index contributed by atoms with van der Waals surface area (Å²) >= 11 is 0. The maximum absolute atomic E-state index is 5.52. The van der Waals surface area contributed by atoms with E-state index in [1.54, 1.807) is 0 Å². The van der Waals surface area contributed by atoms with Gasteiger partial charge in [0.25, 0.3) is 0 Å². The first-order chi connectivity index (χ1) is 10.6. The Morgan fingerprint density at radius 1 is 1.39 bits per heavy atom. The second-order valence-corrected chi connectivity index (χ2v) is 7.02. The van der Waals surface area contributed by atoms with Gasteiger partial charge in [-0.25, -0.2) is 0 Å². The molecule has 6 heteroatoms. The van der Waals surface area contributed by atoms with Gasteiger partial charge in [-0.1, -0.05) is 13.3 Å². The molecular weight excluding hydrogens is 403 g/mol. The number of rotatable bonds is 6. The number of ether oxygens (including phenoxy) is 1. The summed E-state index contributed by atoms with van der Waals surface area (Å²) < 4.78 is 5.52. The Morgan fingerprint density at radius 3 is 2.65 bits per heavy atom. The summed E-state index contributed by atoms with van der Waals surface area (Å²) in [6.07, 6.45) is 5.36. The lowest BCUT2D eigenvalue weighted by Gasteiger charge is -2.42. The van der Waals surface area contributed by atoms with E-state index in [1.165, 1.54) is 25.7 Å². The number of guanidine groups is 1. The van der Waals surface area contributed by atoms with Crippen molar-refractivity contribution in [3.8, 4) is 0 Å². The molecule has 1 saturated carbocycles. The third-order valence-corrected chi connectivity index (χ3v) is 5.57. The molecule has 0 aromatic carbocycles.